The smallest absolute Gasteiger partial charge is 0.251 e. The molecule has 1 aliphatic heterocycles. The topological polar surface area (TPSA) is 32.7 Å². The van der Waals surface area contributed by atoms with E-state index >= 15 is 0 Å². The second kappa shape index (κ2) is 4.88. The molecule has 1 amide bonds. The van der Waals surface area contributed by atoms with E-state index in [-0.39, 0.29) is 11.8 Å². The quantitative estimate of drug-likeness (QED) is 0.811. The fourth-order valence-electron chi connectivity index (χ4n) is 2.04. The first-order chi connectivity index (χ1) is 8.13. The van der Waals surface area contributed by atoms with Crippen LogP contribution in [0.5, 0.6) is 0 Å². The first kappa shape index (κ1) is 12.1. The van der Waals surface area contributed by atoms with E-state index in [1.807, 2.05) is 38.1 Å². The number of carbonyl (C=O) groups is 1. The lowest BCUT2D eigenvalue weighted by molar-refractivity contribution is -0.132. The molecule has 1 aromatic carbocycles. The van der Waals surface area contributed by atoms with Crippen molar-refractivity contribution < 1.29 is 4.79 Å². The molecule has 0 N–H and O–H groups in total. The van der Waals surface area contributed by atoms with E-state index in [2.05, 4.69) is 5.10 Å². The third-order valence-corrected chi connectivity index (χ3v) is 3.39. The van der Waals surface area contributed by atoms with Crippen LogP contribution in [0, 0.1) is 5.92 Å². The summed E-state index contributed by atoms with van der Waals surface area (Å²) >= 11 is 6.07. The molecule has 17 heavy (non-hydrogen) atoms. The number of benzene rings is 1. The average Bonchev–Trinajstić information content (AvgIpc) is 2.57. The first-order valence-electron chi connectivity index (χ1n) is 5.73. The maximum Gasteiger partial charge on any atom is 0.251 e. The Hall–Kier alpha value is -1.35. The predicted molar refractivity (Wildman–Crippen MR) is 68.9 cm³/mol. The Kier molecular flexibility index (Phi) is 3.48. The van der Waals surface area contributed by atoms with Crippen molar-refractivity contribution in [2.24, 2.45) is 11.0 Å². The maximum atomic E-state index is 12.0. The van der Waals surface area contributed by atoms with Crippen molar-refractivity contribution >= 4 is 23.2 Å². The highest BCUT2D eigenvalue weighted by atomic mass is 35.5. The number of amides is 1. The van der Waals surface area contributed by atoms with Crippen LogP contribution in [0.4, 0.5) is 0 Å². The maximum absolute atomic E-state index is 12.0. The number of carbonyl (C=O) groups excluding carboxylic acids is 1. The molecule has 2 rings (SSSR count). The number of hydrogen-bond acceptors (Lipinski definition) is 2. The highest BCUT2D eigenvalue weighted by molar-refractivity contribution is 6.31. The standard InChI is InChI=1S/C13H15ClN2O/c1-3-11-9(2)15-16(13(11)17)8-10-6-4-5-7-12(10)14/h4-7,11H,3,8H2,1-2H3. The molecule has 4 heteroatoms. The van der Waals surface area contributed by atoms with E-state index in [4.69, 9.17) is 11.6 Å². The van der Waals surface area contributed by atoms with Crippen molar-refractivity contribution in [3.05, 3.63) is 34.9 Å². The molecular formula is C13H15ClN2O. The summed E-state index contributed by atoms with van der Waals surface area (Å²) in [5.41, 5.74) is 1.82. The minimum absolute atomic E-state index is 0.0579. The Bertz CT molecular complexity index is 470. The van der Waals surface area contributed by atoms with E-state index in [1.54, 1.807) is 0 Å². The highest BCUT2D eigenvalue weighted by Gasteiger charge is 2.31. The first-order valence-corrected chi connectivity index (χ1v) is 6.11. The zero-order valence-corrected chi connectivity index (χ0v) is 10.7. The summed E-state index contributed by atoms with van der Waals surface area (Å²) in [4.78, 5) is 12.0. The molecular weight excluding hydrogens is 236 g/mol. The predicted octanol–water partition coefficient (Wildman–Crippen LogP) is 3.08. The summed E-state index contributed by atoms with van der Waals surface area (Å²) in [5.74, 6) is 0.0161. The number of hydrazone groups is 1. The summed E-state index contributed by atoms with van der Waals surface area (Å²) in [6.45, 7) is 4.35. The summed E-state index contributed by atoms with van der Waals surface area (Å²) < 4.78 is 0. The third-order valence-electron chi connectivity index (χ3n) is 3.02. The monoisotopic (exact) mass is 250 g/mol. The summed E-state index contributed by atoms with van der Waals surface area (Å²) in [6, 6.07) is 7.53. The van der Waals surface area contributed by atoms with Gasteiger partial charge in [0.05, 0.1) is 12.5 Å². The lowest BCUT2D eigenvalue weighted by atomic mass is 10.0. The van der Waals surface area contributed by atoms with Crippen LogP contribution in [0.1, 0.15) is 25.8 Å². The summed E-state index contributed by atoms with van der Waals surface area (Å²) in [7, 11) is 0. The van der Waals surface area contributed by atoms with Gasteiger partial charge in [-0.15, -0.1) is 0 Å². The van der Waals surface area contributed by atoms with Crippen molar-refractivity contribution in [2.75, 3.05) is 0 Å². The van der Waals surface area contributed by atoms with Gasteiger partial charge in [-0.25, -0.2) is 5.01 Å². The minimum atomic E-state index is -0.0579. The molecule has 1 atom stereocenters. The van der Waals surface area contributed by atoms with Gasteiger partial charge < -0.3 is 0 Å². The Balaban J connectivity index is 2.17. The molecule has 0 fully saturated rings. The molecule has 1 aliphatic rings. The van der Waals surface area contributed by atoms with Gasteiger partial charge in [0.15, 0.2) is 0 Å². The van der Waals surface area contributed by atoms with Gasteiger partial charge in [0.2, 0.25) is 0 Å². The Morgan fingerprint density at radius 3 is 2.71 bits per heavy atom. The molecule has 3 nitrogen and oxygen atoms in total. The zero-order valence-electron chi connectivity index (χ0n) is 9.98. The van der Waals surface area contributed by atoms with Crippen molar-refractivity contribution in [1.82, 2.24) is 5.01 Å². The molecule has 1 aromatic rings. The summed E-state index contributed by atoms with van der Waals surface area (Å²) in [5, 5.41) is 6.49. The van der Waals surface area contributed by atoms with Gasteiger partial charge in [-0.2, -0.15) is 5.10 Å². The van der Waals surface area contributed by atoms with Crippen LogP contribution in [0.3, 0.4) is 0 Å². The van der Waals surface area contributed by atoms with Crippen LogP contribution in [-0.4, -0.2) is 16.6 Å². The molecule has 1 heterocycles. The van der Waals surface area contributed by atoms with Gasteiger partial charge >= 0.3 is 0 Å². The van der Waals surface area contributed by atoms with Gasteiger partial charge in [0.25, 0.3) is 5.91 Å². The van der Waals surface area contributed by atoms with Gasteiger partial charge in [0, 0.05) is 10.7 Å². The summed E-state index contributed by atoms with van der Waals surface area (Å²) in [6.07, 6.45) is 0.799. The lowest BCUT2D eigenvalue weighted by Gasteiger charge is -2.14. The second-order valence-electron chi connectivity index (χ2n) is 4.19. The Labute approximate surface area is 106 Å². The third kappa shape index (κ3) is 2.34. The zero-order chi connectivity index (χ0) is 12.4. The largest absolute Gasteiger partial charge is 0.272 e. The van der Waals surface area contributed by atoms with Crippen LogP contribution in [-0.2, 0) is 11.3 Å². The fourth-order valence-corrected chi connectivity index (χ4v) is 2.23. The Morgan fingerprint density at radius 1 is 1.41 bits per heavy atom. The van der Waals surface area contributed by atoms with E-state index in [1.165, 1.54) is 5.01 Å². The van der Waals surface area contributed by atoms with Crippen LogP contribution in [0.25, 0.3) is 0 Å². The van der Waals surface area contributed by atoms with E-state index < -0.39 is 0 Å². The minimum Gasteiger partial charge on any atom is -0.272 e. The molecule has 0 saturated carbocycles. The molecule has 0 saturated heterocycles. The van der Waals surface area contributed by atoms with Gasteiger partial charge in [-0.05, 0) is 25.0 Å². The second-order valence-corrected chi connectivity index (χ2v) is 4.60. The van der Waals surface area contributed by atoms with Gasteiger partial charge in [0.1, 0.15) is 0 Å². The molecule has 0 spiro atoms. The van der Waals surface area contributed by atoms with Crippen LogP contribution >= 0.6 is 11.6 Å². The van der Waals surface area contributed by atoms with E-state index in [9.17, 15) is 4.79 Å². The van der Waals surface area contributed by atoms with Crippen molar-refractivity contribution in [2.45, 2.75) is 26.8 Å². The van der Waals surface area contributed by atoms with Gasteiger partial charge in [-0.3, -0.25) is 4.79 Å². The van der Waals surface area contributed by atoms with Gasteiger partial charge in [-0.1, -0.05) is 36.7 Å². The Morgan fingerprint density at radius 2 is 2.12 bits per heavy atom. The lowest BCUT2D eigenvalue weighted by Crippen LogP contribution is -2.26. The van der Waals surface area contributed by atoms with E-state index in [0.717, 1.165) is 17.7 Å². The molecule has 1 unspecified atom stereocenters. The van der Waals surface area contributed by atoms with Crippen LogP contribution < -0.4 is 0 Å². The number of halogens is 1. The van der Waals surface area contributed by atoms with Crippen molar-refractivity contribution in [3.63, 3.8) is 0 Å². The number of nitrogens with zero attached hydrogens (tertiary/aromatic N) is 2. The van der Waals surface area contributed by atoms with E-state index in [0.29, 0.717) is 11.6 Å². The van der Waals surface area contributed by atoms with Crippen molar-refractivity contribution in [3.8, 4) is 0 Å². The fraction of sp³-hybridized carbons (Fsp3) is 0.385. The number of hydrogen-bond donors (Lipinski definition) is 0. The van der Waals surface area contributed by atoms with Crippen LogP contribution in [0.15, 0.2) is 29.4 Å². The number of rotatable bonds is 3. The molecule has 0 aromatic heterocycles. The molecule has 0 aliphatic carbocycles. The normalized spacial score (nSPS) is 19.7. The highest BCUT2D eigenvalue weighted by Crippen LogP contribution is 2.23. The molecule has 0 radical (unpaired) electrons. The average molecular weight is 251 g/mol. The van der Waals surface area contributed by atoms with Crippen LogP contribution in [0.2, 0.25) is 5.02 Å². The SMILES string of the molecule is CCC1C(=O)N(Cc2ccccc2Cl)N=C1C. The molecule has 0 bridgehead atoms. The van der Waals surface area contributed by atoms with Crippen molar-refractivity contribution in [1.29, 1.82) is 0 Å². The molecule has 90 valence electrons.